The summed E-state index contributed by atoms with van der Waals surface area (Å²) in [5, 5.41) is 0. The fourth-order valence-corrected chi connectivity index (χ4v) is 2.86. The number of hydrogen-bond donors (Lipinski definition) is 0. The SMILES string of the molecule is CCCOc1ccc(C(C)CC2CC2C(=O)OC)cc1OC. The Labute approximate surface area is 132 Å². The van der Waals surface area contributed by atoms with Gasteiger partial charge in [-0.3, -0.25) is 4.79 Å². The van der Waals surface area contributed by atoms with Crippen molar-refractivity contribution in [2.45, 2.75) is 39.0 Å². The summed E-state index contributed by atoms with van der Waals surface area (Å²) in [7, 11) is 3.12. The second-order valence-corrected chi connectivity index (χ2v) is 6.02. The molecule has 1 aromatic carbocycles. The largest absolute Gasteiger partial charge is 0.493 e. The maximum atomic E-state index is 11.5. The molecule has 0 N–H and O–H groups in total. The van der Waals surface area contributed by atoms with Gasteiger partial charge in [0.05, 0.1) is 26.7 Å². The highest BCUT2D eigenvalue weighted by molar-refractivity contribution is 5.75. The lowest BCUT2D eigenvalue weighted by atomic mass is 9.94. The van der Waals surface area contributed by atoms with E-state index in [1.54, 1.807) is 7.11 Å². The topological polar surface area (TPSA) is 44.8 Å². The highest BCUT2D eigenvalue weighted by atomic mass is 16.5. The normalized spacial score (nSPS) is 21.1. The van der Waals surface area contributed by atoms with Crippen molar-refractivity contribution < 1.29 is 19.0 Å². The van der Waals surface area contributed by atoms with Crippen LogP contribution in [-0.2, 0) is 9.53 Å². The fourth-order valence-electron chi connectivity index (χ4n) is 2.86. The number of benzene rings is 1. The number of hydrogen-bond acceptors (Lipinski definition) is 4. The van der Waals surface area contributed by atoms with Crippen molar-refractivity contribution in [1.29, 1.82) is 0 Å². The molecule has 122 valence electrons. The predicted molar refractivity (Wildman–Crippen MR) is 85.4 cm³/mol. The first kappa shape index (κ1) is 16.7. The van der Waals surface area contributed by atoms with E-state index in [0.717, 1.165) is 30.8 Å². The Morgan fingerprint density at radius 2 is 2.09 bits per heavy atom. The summed E-state index contributed by atoms with van der Waals surface area (Å²) >= 11 is 0. The van der Waals surface area contributed by atoms with Crippen molar-refractivity contribution in [3.63, 3.8) is 0 Å². The van der Waals surface area contributed by atoms with E-state index in [1.807, 2.05) is 12.1 Å². The average Bonchev–Trinajstić information content (AvgIpc) is 3.30. The van der Waals surface area contributed by atoms with Crippen LogP contribution in [0.4, 0.5) is 0 Å². The molecule has 3 atom stereocenters. The van der Waals surface area contributed by atoms with E-state index >= 15 is 0 Å². The Balaban J connectivity index is 1.98. The zero-order valence-electron chi connectivity index (χ0n) is 13.9. The van der Waals surface area contributed by atoms with Gasteiger partial charge in [-0.25, -0.2) is 0 Å². The van der Waals surface area contributed by atoms with E-state index in [0.29, 0.717) is 18.4 Å². The second-order valence-electron chi connectivity index (χ2n) is 6.02. The van der Waals surface area contributed by atoms with Crippen LogP contribution in [-0.4, -0.2) is 26.8 Å². The van der Waals surface area contributed by atoms with Gasteiger partial charge in [0.2, 0.25) is 0 Å². The van der Waals surface area contributed by atoms with Gasteiger partial charge in [0, 0.05) is 0 Å². The van der Waals surface area contributed by atoms with Gasteiger partial charge in [-0.15, -0.1) is 0 Å². The molecule has 4 nitrogen and oxygen atoms in total. The number of rotatable bonds is 8. The van der Waals surface area contributed by atoms with Crippen LogP contribution in [0.25, 0.3) is 0 Å². The molecular weight excluding hydrogens is 280 g/mol. The van der Waals surface area contributed by atoms with Crippen molar-refractivity contribution >= 4 is 5.97 Å². The molecule has 1 saturated carbocycles. The van der Waals surface area contributed by atoms with Crippen LogP contribution in [0, 0.1) is 11.8 Å². The van der Waals surface area contributed by atoms with Crippen LogP contribution in [0.5, 0.6) is 11.5 Å². The van der Waals surface area contributed by atoms with Gasteiger partial charge in [0.1, 0.15) is 0 Å². The van der Waals surface area contributed by atoms with Crippen LogP contribution in [0.2, 0.25) is 0 Å². The minimum absolute atomic E-state index is 0.0712. The van der Waals surface area contributed by atoms with E-state index in [2.05, 4.69) is 19.9 Å². The average molecular weight is 306 g/mol. The molecule has 0 aliphatic heterocycles. The summed E-state index contributed by atoms with van der Waals surface area (Å²) < 4.78 is 15.9. The van der Waals surface area contributed by atoms with Gasteiger partial charge in [-0.05, 0) is 48.8 Å². The molecule has 1 aromatic rings. The summed E-state index contributed by atoms with van der Waals surface area (Å²) in [6, 6.07) is 6.11. The molecule has 1 aliphatic rings. The van der Waals surface area contributed by atoms with Crippen molar-refractivity contribution in [3.8, 4) is 11.5 Å². The molecule has 0 heterocycles. The highest BCUT2D eigenvalue weighted by Crippen LogP contribution is 2.46. The molecule has 22 heavy (non-hydrogen) atoms. The van der Waals surface area contributed by atoms with Gasteiger partial charge in [-0.2, -0.15) is 0 Å². The Morgan fingerprint density at radius 3 is 2.73 bits per heavy atom. The van der Waals surface area contributed by atoms with Gasteiger partial charge >= 0.3 is 5.97 Å². The number of carbonyl (C=O) groups is 1. The second kappa shape index (κ2) is 7.52. The van der Waals surface area contributed by atoms with Crippen molar-refractivity contribution in [1.82, 2.24) is 0 Å². The molecule has 2 rings (SSSR count). The smallest absolute Gasteiger partial charge is 0.308 e. The van der Waals surface area contributed by atoms with Gasteiger partial charge in [0.25, 0.3) is 0 Å². The summed E-state index contributed by atoms with van der Waals surface area (Å²) in [6.07, 6.45) is 2.92. The minimum atomic E-state index is -0.0712. The van der Waals surface area contributed by atoms with Crippen molar-refractivity contribution in [3.05, 3.63) is 23.8 Å². The first-order valence-corrected chi connectivity index (χ1v) is 7.99. The van der Waals surface area contributed by atoms with E-state index < -0.39 is 0 Å². The molecule has 1 aliphatic carbocycles. The quantitative estimate of drug-likeness (QED) is 0.686. The molecule has 0 saturated heterocycles. The van der Waals surface area contributed by atoms with Crippen LogP contribution >= 0.6 is 0 Å². The van der Waals surface area contributed by atoms with E-state index in [-0.39, 0.29) is 11.9 Å². The first-order valence-electron chi connectivity index (χ1n) is 7.99. The Morgan fingerprint density at radius 1 is 1.32 bits per heavy atom. The van der Waals surface area contributed by atoms with Crippen molar-refractivity contribution in [2.24, 2.45) is 11.8 Å². The number of esters is 1. The van der Waals surface area contributed by atoms with Crippen LogP contribution in [0.15, 0.2) is 18.2 Å². The Kier molecular flexibility index (Phi) is 5.69. The van der Waals surface area contributed by atoms with Gasteiger partial charge < -0.3 is 14.2 Å². The number of methoxy groups -OCH3 is 2. The molecule has 1 fully saturated rings. The van der Waals surface area contributed by atoms with Crippen LogP contribution in [0.3, 0.4) is 0 Å². The number of ether oxygens (including phenoxy) is 3. The third kappa shape index (κ3) is 3.93. The molecule has 0 aromatic heterocycles. The maximum absolute atomic E-state index is 11.5. The lowest BCUT2D eigenvalue weighted by Crippen LogP contribution is -2.06. The lowest BCUT2D eigenvalue weighted by Gasteiger charge is -2.15. The fraction of sp³-hybridized carbons (Fsp3) is 0.611. The molecule has 0 spiro atoms. The van der Waals surface area contributed by atoms with Gasteiger partial charge in [-0.1, -0.05) is 19.9 Å². The third-order valence-corrected chi connectivity index (χ3v) is 4.30. The summed E-state index contributed by atoms with van der Waals surface area (Å²) in [5.41, 5.74) is 1.22. The zero-order valence-corrected chi connectivity index (χ0v) is 13.9. The molecular formula is C18H26O4. The molecule has 0 bridgehead atoms. The van der Waals surface area contributed by atoms with Gasteiger partial charge in [0.15, 0.2) is 11.5 Å². The standard InChI is InChI=1S/C18H26O4/c1-5-8-22-16-7-6-13(11-17(16)20-3)12(2)9-14-10-15(14)18(19)21-4/h6-7,11-12,14-15H,5,8-10H2,1-4H3. The third-order valence-electron chi connectivity index (χ3n) is 4.30. The summed E-state index contributed by atoms with van der Waals surface area (Å²) in [5.74, 6) is 2.43. The van der Waals surface area contributed by atoms with Crippen LogP contribution < -0.4 is 9.47 Å². The summed E-state index contributed by atoms with van der Waals surface area (Å²) in [4.78, 5) is 11.5. The van der Waals surface area contributed by atoms with Crippen molar-refractivity contribution in [2.75, 3.05) is 20.8 Å². The monoisotopic (exact) mass is 306 g/mol. The highest BCUT2D eigenvalue weighted by Gasteiger charge is 2.44. The predicted octanol–water partition coefficient (Wildman–Crippen LogP) is 3.79. The Bertz CT molecular complexity index is 512. The van der Waals surface area contributed by atoms with Crippen LogP contribution in [0.1, 0.15) is 44.6 Å². The van der Waals surface area contributed by atoms with E-state index in [9.17, 15) is 4.79 Å². The lowest BCUT2D eigenvalue weighted by molar-refractivity contribution is -0.142. The minimum Gasteiger partial charge on any atom is -0.493 e. The molecule has 0 amide bonds. The number of carbonyl (C=O) groups excluding carboxylic acids is 1. The van der Waals surface area contributed by atoms with E-state index in [1.165, 1.54) is 12.7 Å². The first-order chi connectivity index (χ1) is 10.6. The van der Waals surface area contributed by atoms with E-state index in [4.69, 9.17) is 14.2 Å². The Hall–Kier alpha value is -1.71. The molecule has 3 unspecified atom stereocenters. The maximum Gasteiger partial charge on any atom is 0.308 e. The molecule has 0 radical (unpaired) electrons. The summed E-state index contributed by atoms with van der Waals surface area (Å²) in [6.45, 7) is 4.96. The zero-order chi connectivity index (χ0) is 16.1. The molecule has 4 heteroatoms.